The number of carbonyl (C=O) groups is 1. The van der Waals surface area contributed by atoms with E-state index in [0.29, 0.717) is 29.9 Å². The molecule has 2 aromatic carbocycles. The van der Waals surface area contributed by atoms with E-state index in [1.54, 1.807) is 18.4 Å². The van der Waals surface area contributed by atoms with Crippen LogP contribution in [0, 0.1) is 17.2 Å². The van der Waals surface area contributed by atoms with E-state index in [2.05, 4.69) is 11.4 Å². The van der Waals surface area contributed by atoms with Crippen molar-refractivity contribution in [3.63, 3.8) is 0 Å². The molecule has 3 aromatic rings. The van der Waals surface area contributed by atoms with Gasteiger partial charge in [0, 0.05) is 17.8 Å². The van der Waals surface area contributed by atoms with E-state index >= 15 is 0 Å². The van der Waals surface area contributed by atoms with Crippen LogP contribution < -0.4 is 5.32 Å². The summed E-state index contributed by atoms with van der Waals surface area (Å²) in [4.78, 5) is 18.4. The first-order valence-corrected chi connectivity index (χ1v) is 10.8. The van der Waals surface area contributed by atoms with Crippen LogP contribution in [0.4, 0.5) is 4.39 Å². The molecule has 158 valence electrons. The molecule has 1 aromatic heterocycles. The maximum absolute atomic E-state index is 14.5. The molecule has 1 N–H and O–H groups in total. The lowest BCUT2D eigenvalue weighted by Crippen LogP contribution is -2.23. The third-order valence-electron chi connectivity index (χ3n) is 6.62. The van der Waals surface area contributed by atoms with E-state index in [-0.39, 0.29) is 17.5 Å². The van der Waals surface area contributed by atoms with Crippen LogP contribution in [0.5, 0.6) is 0 Å². The number of hydrogen-bond acceptors (Lipinski definition) is 4. The lowest BCUT2D eigenvalue weighted by molar-refractivity contribution is -0.116. The van der Waals surface area contributed by atoms with Crippen molar-refractivity contribution in [3.05, 3.63) is 113 Å². The summed E-state index contributed by atoms with van der Waals surface area (Å²) in [7, 11) is 0. The van der Waals surface area contributed by atoms with E-state index < -0.39 is 5.41 Å². The normalized spacial score (nSPS) is 23.7. The summed E-state index contributed by atoms with van der Waals surface area (Å²) >= 11 is 0. The van der Waals surface area contributed by atoms with Crippen molar-refractivity contribution in [2.75, 3.05) is 0 Å². The fourth-order valence-corrected chi connectivity index (χ4v) is 4.92. The van der Waals surface area contributed by atoms with E-state index in [0.717, 1.165) is 29.1 Å². The number of Topliss-reactive ketones (excluding diaryl/α,β-unsaturated/α-hetero) is 1. The molecule has 1 aliphatic carbocycles. The largest absolute Gasteiger partial charge is 0.469 e. The molecule has 3 aliphatic rings. The molecule has 0 amide bonds. The zero-order valence-electron chi connectivity index (χ0n) is 17.3. The van der Waals surface area contributed by atoms with Crippen molar-refractivity contribution in [2.45, 2.75) is 19.3 Å². The number of hydrogen-bond donors (Lipinski definition) is 1. The Labute approximate surface area is 185 Å². The SMILES string of the molecule is O=C1C(Cc2ccco2)=NC2=C(Cc3ccccc3F)NC(c3ccccc3)=CC3CC123. The fraction of sp³-hybridized carbons (Fsp3) is 0.185. The summed E-state index contributed by atoms with van der Waals surface area (Å²) < 4.78 is 20.0. The zero-order chi connectivity index (χ0) is 21.7. The Hall–Kier alpha value is -3.73. The second-order valence-corrected chi connectivity index (χ2v) is 8.59. The molecule has 4 nitrogen and oxygen atoms in total. The lowest BCUT2D eigenvalue weighted by Gasteiger charge is -2.17. The number of ketones is 1. The average Bonchev–Trinajstić information content (AvgIpc) is 3.19. The van der Waals surface area contributed by atoms with Gasteiger partial charge in [0.25, 0.3) is 0 Å². The molecule has 2 unspecified atom stereocenters. The molecule has 0 radical (unpaired) electrons. The topological polar surface area (TPSA) is 54.6 Å². The van der Waals surface area contributed by atoms with Gasteiger partial charge >= 0.3 is 0 Å². The van der Waals surface area contributed by atoms with Gasteiger partial charge in [-0.3, -0.25) is 9.79 Å². The minimum Gasteiger partial charge on any atom is -0.469 e. The van der Waals surface area contributed by atoms with Gasteiger partial charge in [0.2, 0.25) is 0 Å². The molecule has 32 heavy (non-hydrogen) atoms. The van der Waals surface area contributed by atoms with E-state index in [1.807, 2.05) is 48.5 Å². The summed E-state index contributed by atoms with van der Waals surface area (Å²) in [6, 6.07) is 20.4. The molecular weight excluding hydrogens is 403 g/mol. The smallest absolute Gasteiger partial charge is 0.190 e. The van der Waals surface area contributed by atoms with E-state index in [4.69, 9.17) is 9.41 Å². The first-order valence-electron chi connectivity index (χ1n) is 10.8. The molecule has 0 saturated heterocycles. The third-order valence-corrected chi connectivity index (χ3v) is 6.62. The Morgan fingerprint density at radius 1 is 1.03 bits per heavy atom. The van der Waals surface area contributed by atoms with Gasteiger partial charge in [0.05, 0.1) is 29.5 Å². The van der Waals surface area contributed by atoms with Gasteiger partial charge in [-0.25, -0.2) is 4.39 Å². The van der Waals surface area contributed by atoms with Gasteiger partial charge in [-0.15, -0.1) is 0 Å². The van der Waals surface area contributed by atoms with E-state index in [1.165, 1.54) is 6.07 Å². The molecule has 3 heterocycles. The van der Waals surface area contributed by atoms with Crippen LogP contribution in [0.25, 0.3) is 5.70 Å². The minimum absolute atomic E-state index is 0.0623. The Morgan fingerprint density at radius 3 is 2.62 bits per heavy atom. The molecule has 2 atom stereocenters. The Morgan fingerprint density at radius 2 is 1.84 bits per heavy atom. The highest BCUT2D eigenvalue weighted by molar-refractivity contribution is 6.46. The Kier molecular flexibility index (Phi) is 4.25. The van der Waals surface area contributed by atoms with Crippen LogP contribution in [0.1, 0.15) is 23.3 Å². The number of allylic oxidation sites excluding steroid dienone is 3. The van der Waals surface area contributed by atoms with Gasteiger partial charge in [-0.05, 0) is 41.7 Å². The van der Waals surface area contributed by atoms with Crippen LogP contribution in [-0.2, 0) is 17.6 Å². The number of nitrogens with zero attached hydrogens (tertiary/aromatic N) is 1. The van der Waals surface area contributed by atoms with Gasteiger partial charge in [0.15, 0.2) is 5.78 Å². The highest BCUT2D eigenvalue weighted by Crippen LogP contribution is 2.64. The van der Waals surface area contributed by atoms with Crippen molar-refractivity contribution in [3.8, 4) is 0 Å². The summed E-state index contributed by atoms with van der Waals surface area (Å²) in [6.07, 6.45) is 5.18. The number of aliphatic imine (C=N–C) groups is 1. The van der Waals surface area contributed by atoms with Crippen molar-refractivity contribution in [2.24, 2.45) is 16.3 Å². The first-order chi connectivity index (χ1) is 15.6. The maximum Gasteiger partial charge on any atom is 0.190 e. The van der Waals surface area contributed by atoms with Gasteiger partial charge in [-0.1, -0.05) is 54.6 Å². The van der Waals surface area contributed by atoms with Gasteiger partial charge in [-0.2, -0.15) is 0 Å². The van der Waals surface area contributed by atoms with Gasteiger partial charge < -0.3 is 9.73 Å². The highest BCUT2D eigenvalue weighted by atomic mass is 19.1. The van der Waals surface area contributed by atoms with Crippen LogP contribution >= 0.6 is 0 Å². The Bertz CT molecular complexity index is 1300. The number of halogens is 1. The number of furan rings is 1. The molecular formula is C27H21FN2O2. The molecule has 5 heteroatoms. The molecule has 1 fully saturated rings. The van der Waals surface area contributed by atoms with Crippen LogP contribution in [0.15, 0.2) is 99.9 Å². The second-order valence-electron chi connectivity index (χ2n) is 8.59. The maximum atomic E-state index is 14.5. The van der Waals surface area contributed by atoms with Crippen LogP contribution in [-0.4, -0.2) is 11.5 Å². The van der Waals surface area contributed by atoms with Gasteiger partial charge in [0.1, 0.15) is 11.6 Å². The predicted molar refractivity (Wildman–Crippen MR) is 120 cm³/mol. The van der Waals surface area contributed by atoms with E-state index in [9.17, 15) is 9.18 Å². The minimum atomic E-state index is -0.647. The lowest BCUT2D eigenvalue weighted by atomic mass is 9.91. The highest BCUT2D eigenvalue weighted by Gasteiger charge is 2.66. The van der Waals surface area contributed by atoms with Crippen LogP contribution in [0.2, 0.25) is 0 Å². The van der Waals surface area contributed by atoms with Crippen molar-refractivity contribution < 1.29 is 13.6 Å². The number of nitrogens with one attached hydrogen (secondary N) is 1. The molecule has 1 saturated carbocycles. The van der Waals surface area contributed by atoms with Crippen molar-refractivity contribution in [1.82, 2.24) is 5.32 Å². The molecule has 6 rings (SSSR count). The van der Waals surface area contributed by atoms with Crippen LogP contribution in [0.3, 0.4) is 0 Å². The zero-order valence-corrected chi connectivity index (χ0v) is 17.3. The molecule has 2 aliphatic heterocycles. The van der Waals surface area contributed by atoms with Crippen molar-refractivity contribution >= 4 is 17.2 Å². The summed E-state index contributed by atoms with van der Waals surface area (Å²) in [5, 5.41) is 3.53. The summed E-state index contributed by atoms with van der Waals surface area (Å²) in [5.74, 6) is 0.588. The quantitative estimate of drug-likeness (QED) is 0.621. The van der Waals surface area contributed by atoms with Crippen molar-refractivity contribution in [1.29, 1.82) is 0 Å². The third kappa shape index (κ3) is 2.96. The average molecular weight is 424 g/mol. The molecule has 0 bridgehead atoms. The number of benzene rings is 2. The standard InChI is InChI=1S/C27H21FN2O2/c28-21-11-5-4-9-18(21)13-23-25-27(26(31)24(30-25)15-20-10-6-12-32-20)16-19(27)14-22(29-23)17-7-2-1-3-8-17/h1-12,14,19,29H,13,15-16H2. The predicted octanol–water partition coefficient (Wildman–Crippen LogP) is 5.09. The monoisotopic (exact) mass is 424 g/mol. The number of carbonyl (C=O) groups excluding carboxylic acids is 1. The molecule has 1 spiro atoms. The number of rotatable bonds is 5. The Balaban J connectivity index is 1.46. The summed E-state index contributed by atoms with van der Waals surface area (Å²) in [5.41, 5.74) is 3.96. The summed E-state index contributed by atoms with van der Waals surface area (Å²) in [6.45, 7) is 0. The second kappa shape index (κ2) is 7.16. The first kappa shape index (κ1) is 19.0. The fourth-order valence-electron chi connectivity index (χ4n) is 4.92.